The Morgan fingerprint density at radius 3 is 2.65 bits per heavy atom. The van der Waals surface area contributed by atoms with E-state index in [1.165, 1.54) is 5.56 Å². The Morgan fingerprint density at radius 1 is 1.29 bits per heavy atom. The second-order valence-corrected chi connectivity index (χ2v) is 5.01. The number of aryl methyl sites for hydroxylation is 2. The van der Waals surface area contributed by atoms with Gasteiger partial charge in [-0.1, -0.05) is 13.0 Å². The van der Waals surface area contributed by atoms with Crippen molar-refractivity contribution in [2.75, 3.05) is 13.1 Å². The van der Waals surface area contributed by atoms with E-state index in [-0.39, 0.29) is 11.9 Å². The van der Waals surface area contributed by atoms with Crippen LogP contribution >= 0.6 is 0 Å². The van der Waals surface area contributed by atoms with E-state index < -0.39 is 0 Å². The fraction of sp³-hybridized carbons (Fsp3) is 0.500. The second kappa shape index (κ2) is 4.88. The monoisotopic (exact) mass is 232 g/mol. The third-order valence-electron chi connectivity index (χ3n) is 3.60. The van der Waals surface area contributed by atoms with E-state index in [4.69, 9.17) is 0 Å². The van der Waals surface area contributed by atoms with Crippen LogP contribution in [-0.2, 0) is 0 Å². The van der Waals surface area contributed by atoms with Crippen molar-refractivity contribution >= 4 is 5.91 Å². The lowest BCUT2D eigenvalue weighted by molar-refractivity contribution is 0.0933. The van der Waals surface area contributed by atoms with Gasteiger partial charge >= 0.3 is 0 Å². The highest BCUT2D eigenvalue weighted by Gasteiger charge is 2.24. The average molecular weight is 232 g/mol. The van der Waals surface area contributed by atoms with Crippen molar-refractivity contribution in [3.8, 4) is 0 Å². The molecule has 0 spiro atoms. The Morgan fingerprint density at radius 2 is 2.06 bits per heavy atom. The summed E-state index contributed by atoms with van der Waals surface area (Å²) in [6.45, 7) is 8.10. The molecular weight excluding hydrogens is 212 g/mol. The first-order valence-corrected chi connectivity index (χ1v) is 6.17. The molecule has 1 amide bonds. The first kappa shape index (κ1) is 12.1. The van der Waals surface area contributed by atoms with E-state index in [9.17, 15) is 4.79 Å². The lowest BCUT2D eigenvalue weighted by atomic mass is 10.0. The van der Waals surface area contributed by atoms with E-state index in [0.717, 1.165) is 24.2 Å². The maximum atomic E-state index is 12.1. The van der Waals surface area contributed by atoms with Crippen LogP contribution < -0.4 is 10.6 Å². The predicted molar refractivity (Wildman–Crippen MR) is 69.2 cm³/mol. The van der Waals surface area contributed by atoms with Crippen molar-refractivity contribution in [3.05, 3.63) is 34.9 Å². The van der Waals surface area contributed by atoms with E-state index in [1.807, 2.05) is 25.1 Å². The van der Waals surface area contributed by atoms with Gasteiger partial charge in [0.25, 0.3) is 5.91 Å². The van der Waals surface area contributed by atoms with Crippen LogP contribution in [0.5, 0.6) is 0 Å². The Balaban J connectivity index is 2.06. The molecule has 0 radical (unpaired) electrons. The number of hydrogen-bond acceptors (Lipinski definition) is 2. The standard InChI is InChI=1S/C14H20N2O/c1-9-4-5-12(6-10(9)2)14(17)16-13-8-15-7-11(13)3/h4-6,11,13,15H,7-8H2,1-3H3,(H,16,17). The molecule has 0 saturated carbocycles. The predicted octanol–water partition coefficient (Wildman–Crippen LogP) is 1.64. The Labute approximate surface area is 103 Å². The lowest BCUT2D eigenvalue weighted by Crippen LogP contribution is -2.39. The summed E-state index contributed by atoms with van der Waals surface area (Å²) >= 11 is 0. The molecule has 2 N–H and O–H groups in total. The van der Waals surface area contributed by atoms with Gasteiger partial charge in [0.15, 0.2) is 0 Å². The molecule has 1 aromatic rings. The molecule has 3 heteroatoms. The molecule has 1 aliphatic rings. The minimum atomic E-state index is 0.0358. The summed E-state index contributed by atoms with van der Waals surface area (Å²) in [4.78, 5) is 12.1. The van der Waals surface area contributed by atoms with Crippen LogP contribution in [0.25, 0.3) is 0 Å². The van der Waals surface area contributed by atoms with Crippen LogP contribution in [0.1, 0.15) is 28.4 Å². The van der Waals surface area contributed by atoms with Crippen LogP contribution in [-0.4, -0.2) is 25.0 Å². The number of nitrogens with one attached hydrogen (secondary N) is 2. The zero-order valence-electron chi connectivity index (χ0n) is 10.7. The molecule has 2 rings (SSSR count). The van der Waals surface area contributed by atoms with Crippen molar-refractivity contribution in [2.24, 2.45) is 5.92 Å². The summed E-state index contributed by atoms with van der Waals surface area (Å²) in [5, 5.41) is 6.37. The highest BCUT2D eigenvalue weighted by molar-refractivity contribution is 5.94. The highest BCUT2D eigenvalue weighted by atomic mass is 16.1. The van der Waals surface area contributed by atoms with Gasteiger partial charge in [-0.05, 0) is 49.6 Å². The number of rotatable bonds is 2. The SMILES string of the molecule is Cc1ccc(C(=O)NC2CNCC2C)cc1C. The lowest BCUT2D eigenvalue weighted by Gasteiger charge is -2.16. The number of carbonyl (C=O) groups excluding carboxylic acids is 1. The Kier molecular flexibility index (Phi) is 3.48. The van der Waals surface area contributed by atoms with Gasteiger partial charge in [0.05, 0.1) is 0 Å². The maximum Gasteiger partial charge on any atom is 0.251 e. The van der Waals surface area contributed by atoms with Gasteiger partial charge in [0, 0.05) is 18.2 Å². The summed E-state index contributed by atoms with van der Waals surface area (Å²) in [5.74, 6) is 0.541. The second-order valence-electron chi connectivity index (χ2n) is 5.01. The van der Waals surface area contributed by atoms with E-state index >= 15 is 0 Å². The quantitative estimate of drug-likeness (QED) is 0.814. The van der Waals surface area contributed by atoms with Gasteiger partial charge in [-0.3, -0.25) is 4.79 Å². The molecule has 92 valence electrons. The van der Waals surface area contributed by atoms with Gasteiger partial charge in [-0.2, -0.15) is 0 Å². The van der Waals surface area contributed by atoms with E-state index in [2.05, 4.69) is 24.5 Å². The molecule has 3 nitrogen and oxygen atoms in total. The molecule has 1 heterocycles. The Bertz CT molecular complexity index is 428. The molecular formula is C14H20N2O. The first-order chi connectivity index (χ1) is 8.08. The smallest absolute Gasteiger partial charge is 0.251 e. The molecule has 1 saturated heterocycles. The molecule has 1 aliphatic heterocycles. The van der Waals surface area contributed by atoms with E-state index in [1.54, 1.807) is 0 Å². The van der Waals surface area contributed by atoms with Crippen LogP contribution in [0.2, 0.25) is 0 Å². The van der Waals surface area contributed by atoms with Crippen molar-refractivity contribution in [3.63, 3.8) is 0 Å². The van der Waals surface area contributed by atoms with Crippen LogP contribution in [0.4, 0.5) is 0 Å². The molecule has 17 heavy (non-hydrogen) atoms. The summed E-state index contributed by atoms with van der Waals surface area (Å²) in [7, 11) is 0. The highest BCUT2D eigenvalue weighted by Crippen LogP contribution is 2.12. The van der Waals surface area contributed by atoms with Crippen molar-refractivity contribution in [2.45, 2.75) is 26.8 Å². The number of amides is 1. The van der Waals surface area contributed by atoms with Crippen molar-refractivity contribution in [1.29, 1.82) is 0 Å². The molecule has 2 unspecified atom stereocenters. The van der Waals surface area contributed by atoms with Gasteiger partial charge in [-0.25, -0.2) is 0 Å². The van der Waals surface area contributed by atoms with Gasteiger partial charge in [-0.15, -0.1) is 0 Å². The maximum absolute atomic E-state index is 12.1. The molecule has 1 fully saturated rings. The molecule has 2 atom stereocenters. The first-order valence-electron chi connectivity index (χ1n) is 6.17. The van der Waals surface area contributed by atoms with Crippen LogP contribution in [0.3, 0.4) is 0 Å². The van der Waals surface area contributed by atoms with Gasteiger partial charge in [0.2, 0.25) is 0 Å². The van der Waals surface area contributed by atoms with Gasteiger partial charge < -0.3 is 10.6 Å². The third kappa shape index (κ3) is 2.67. The fourth-order valence-corrected chi connectivity index (χ4v) is 2.14. The number of benzene rings is 1. The normalized spacial score (nSPS) is 23.7. The number of hydrogen-bond donors (Lipinski definition) is 2. The third-order valence-corrected chi connectivity index (χ3v) is 3.60. The average Bonchev–Trinajstić information content (AvgIpc) is 2.68. The summed E-state index contributed by atoms with van der Waals surface area (Å²) < 4.78 is 0. The van der Waals surface area contributed by atoms with Crippen molar-refractivity contribution < 1.29 is 4.79 Å². The molecule has 0 aliphatic carbocycles. The fourth-order valence-electron chi connectivity index (χ4n) is 2.14. The summed E-state index contributed by atoms with van der Waals surface area (Å²) in [6.07, 6.45) is 0. The van der Waals surface area contributed by atoms with Crippen LogP contribution in [0.15, 0.2) is 18.2 Å². The van der Waals surface area contributed by atoms with Gasteiger partial charge in [0.1, 0.15) is 0 Å². The summed E-state index contributed by atoms with van der Waals surface area (Å²) in [5.41, 5.74) is 3.14. The van der Waals surface area contributed by atoms with Crippen molar-refractivity contribution in [1.82, 2.24) is 10.6 Å². The summed E-state index contributed by atoms with van der Waals surface area (Å²) in [6, 6.07) is 6.10. The zero-order valence-corrected chi connectivity index (χ0v) is 10.7. The van der Waals surface area contributed by atoms with Crippen LogP contribution in [0, 0.1) is 19.8 Å². The van der Waals surface area contributed by atoms with E-state index in [0.29, 0.717) is 5.92 Å². The largest absolute Gasteiger partial charge is 0.348 e. The topological polar surface area (TPSA) is 41.1 Å². The molecule has 1 aromatic carbocycles. The minimum absolute atomic E-state index is 0.0358. The minimum Gasteiger partial charge on any atom is -0.348 e. The zero-order chi connectivity index (χ0) is 12.4. The molecule has 0 bridgehead atoms. The molecule has 0 aromatic heterocycles. The number of carbonyl (C=O) groups is 1. The Hall–Kier alpha value is -1.35.